The van der Waals surface area contributed by atoms with Crippen LogP contribution in [0, 0.1) is 0 Å². The fourth-order valence-electron chi connectivity index (χ4n) is 4.21. The number of carbonyl (C=O) groups excluding carboxylic acids is 4. The SMILES string of the molecule is CC(=O)OC[C@H]1O[C@@H](c2cccc(Cc3ccccc3)c2)[C@H](OC(C)=O)[C@@H](OC(C)=O)C1OC(C)=O. The van der Waals surface area contributed by atoms with E-state index in [4.69, 9.17) is 23.7 Å². The molecular formula is C27H30O9. The van der Waals surface area contributed by atoms with Crippen molar-refractivity contribution in [2.45, 2.75) is 64.6 Å². The maximum absolute atomic E-state index is 12.1. The first kappa shape index (κ1) is 26.9. The Balaban J connectivity index is 2.02. The topological polar surface area (TPSA) is 114 Å². The normalized spacial score (nSPS) is 23.3. The van der Waals surface area contributed by atoms with E-state index < -0.39 is 54.4 Å². The molecule has 1 fully saturated rings. The summed E-state index contributed by atoms with van der Waals surface area (Å²) in [7, 11) is 0. The summed E-state index contributed by atoms with van der Waals surface area (Å²) in [5.74, 6) is -2.53. The van der Waals surface area contributed by atoms with Crippen molar-refractivity contribution in [1.82, 2.24) is 0 Å². The maximum Gasteiger partial charge on any atom is 0.303 e. The van der Waals surface area contributed by atoms with Crippen LogP contribution in [0.4, 0.5) is 0 Å². The molecule has 2 aromatic carbocycles. The quantitative estimate of drug-likeness (QED) is 0.400. The Bertz CT molecular complexity index is 1080. The van der Waals surface area contributed by atoms with E-state index in [1.54, 1.807) is 6.07 Å². The van der Waals surface area contributed by atoms with Gasteiger partial charge in [0.05, 0.1) is 0 Å². The Morgan fingerprint density at radius 2 is 1.28 bits per heavy atom. The number of esters is 4. The maximum atomic E-state index is 12.1. The van der Waals surface area contributed by atoms with Crippen LogP contribution in [0.5, 0.6) is 0 Å². The van der Waals surface area contributed by atoms with Crippen LogP contribution >= 0.6 is 0 Å². The average Bonchev–Trinajstić information content (AvgIpc) is 2.80. The summed E-state index contributed by atoms with van der Waals surface area (Å²) >= 11 is 0. The van der Waals surface area contributed by atoms with Gasteiger partial charge in [0.2, 0.25) is 0 Å². The Morgan fingerprint density at radius 1 is 0.694 bits per heavy atom. The number of ether oxygens (including phenoxy) is 5. The van der Waals surface area contributed by atoms with Gasteiger partial charge in [-0.2, -0.15) is 0 Å². The van der Waals surface area contributed by atoms with Gasteiger partial charge >= 0.3 is 23.9 Å². The van der Waals surface area contributed by atoms with Crippen molar-refractivity contribution in [3.05, 3.63) is 71.3 Å². The van der Waals surface area contributed by atoms with E-state index >= 15 is 0 Å². The summed E-state index contributed by atoms with van der Waals surface area (Å²) in [6, 6.07) is 17.4. The van der Waals surface area contributed by atoms with Gasteiger partial charge in [0.15, 0.2) is 18.3 Å². The number of benzene rings is 2. The van der Waals surface area contributed by atoms with Gasteiger partial charge in [-0.3, -0.25) is 19.2 Å². The zero-order valence-electron chi connectivity index (χ0n) is 20.7. The molecule has 0 bridgehead atoms. The molecule has 1 aliphatic rings. The Morgan fingerprint density at radius 3 is 1.89 bits per heavy atom. The summed E-state index contributed by atoms with van der Waals surface area (Å²) in [5, 5.41) is 0. The van der Waals surface area contributed by atoms with Crippen LogP contribution in [0.25, 0.3) is 0 Å². The second kappa shape index (κ2) is 12.3. The Labute approximate surface area is 209 Å². The minimum atomic E-state index is -1.20. The van der Waals surface area contributed by atoms with Gasteiger partial charge in [-0.25, -0.2) is 0 Å². The van der Waals surface area contributed by atoms with Gasteiger partial charge in [0.1, 0.15) is 18.8 Å². The standard InChI is InChI=1S/C27H30O9/c1-16(28)32-15-23-25(33-17(2)29)27(35-19(4)31)26(34-18(3)30)24(36-23)22-12-8-11-21(14-22)13-20-9-6-5-7-10-20/h5-12,14,23-27H,13,15H2,1-4H3/t23-,24+,25?,26+,27+/m1/s1. The van der Waals surface area contributed by atoms with E-state index in [-0.39, 0.29) is 6.61 Å². The van der Waals surface area contributed by atoms with Crippen molar-refractivity contribution in [3.63, 3.8) is 0 Å². The highest BCUT2D eigenvalue weighted by molar-refractivity contribution is 5.68. The van der Waals surface area contributed by atoms with E-state index in [2.05, 4.69) is 0 Å². The molecule has 1 heterocycles. The molecule has 192 valence electrons. The molecule has 0 aromatic heterocycles. The van der Waals surface area contributed by atoms with Crippen molar-refractivity contribution in [1.29, 1.82) is 0 Å². The molecule has 9 nitrogen and oxygen atoms in total. The third-order valence-electron chi connectivity index (χ3n) is 5.52. The summed E-state index contributed by atoms with van der Waals surface area (Å²) in [4.78, 5) is 47.5. The van der Waals surface area contributed by atoms with Crippen LogP contribution in [0.3, 0.4) is 0 Å². The van der Waals surface area contributed by atoms with Crippen molar-refractivity contribution in [2.75, 3.05) is 6.61 Å². The van der Waals surface area contributed by atoms with Gasteiger partial charge in [0, 0.05) is 27.7 Å². The van der Waals surface area contributed by atoms with Crippen LogP contribution in [0.2, 0.25) is 0 Å². The van der Waals surface area contributed by atoms with E-state index in [1.165, 1.54) is 27.7 Å². The first-order valence-electron chi connectivity index (χ1n) is 11.6. The van der Waals surface area contributed by atoms with Crippen molar-refractivity contribution in [2.24, 2.45) is 0 Å². The van der Waals surface area contributed by atoms with Gasteiger partial charge in [-0.15, -0.1) is 0 Å². The molecule has 1 saturated heterocycles. The minimum absolute atomic E-state index is 0.266. The molecule has 1 unspecified atom stereocenters. The molecule has 3 rings (SSSR count). The molecule has 9 heteroatoms. The highest BCUT2D eigenvalue weighted by Gasteiger charge is 2.52. The Kier molecular flexibility index (Phi) is 9.19. The predicted octanol–water partition coefficient (Wildman–Crippen LogP) is 3.08. The molecule has 0 N–H and O–H groups in total. The first-order chi connectivity index (χ1) is 17.1. The molecule has 5 atom stereocenters. The van der Waals surface area contributed by atoms with Crippen LogP contribution in [-0.2, 0) is 49.3 Å². The van der Waals surface area contributed by atoms with Crippen LogP contribution in [0.1, 0.15) is 50.5 Å². The fourth-order valence-corrected chi connectivity index (χ4v) is 4.21. The lowest BCUT2D eigenvalue weighted by Crippen LogP contribution is -2.59. The molecule has 36 heavy (non-hydrogen) atoms. The second-order valence-electron chi connectivity index (χ2n) is 8.53. The van der Waals surface area contributed by atoms with Gasteiger partial charge < -0.3 is 23.7 Å². The van der Waals surface area contributed by atoms with Crippen molar-refractivity contribution >= 4 is 23.9 Å². The second-order valence-corrected chi connectivity index (χ2v) is 8.53. The molecule has 0 aliphatic carbocycles. The van der Waals surface area contributed by atoms with Gasteiger partial charge in [-0.05, 0) is 23.1 Å². The van der Waals surface area contributed by atoms with E-state index in [0.717, 1.165) is 11.1 Å². The van der Waals surface area contributed by atoms with Crippen molar-refractivity contribution < 1.29 is 42.9 Å². The molecule has 0 saturated carbocycles. The Hall–Kier alpha value is -3.72. The lowest BCUT2D eigenvalue weighted by molar-refractivity contribution is -0.254. The molecule has 1 aliphatic heterocycles. The van der Waals surface area contributed by atoms with E-state index in [9.17, 15) is 19.2 Å². The third-order valence-corrected chi connectivity index (χ3v) is 5.52. The number of hydrogen-bond donors (Lipinski definition) is 0. The fraction of sp³-hybridized carbons (Fsp3) is 0.407. The lowest BCUT2D eigenvalue weighted by atomic mass is 9.89. The number of rotatable bonds is 8. The van der Waals surface area contributed by atoms with Gasteiger partial charge in [0.25, 0.3) is 0 Å². The summed E-state index contributed by atoms with van der Waals surface area (Å²) in [5.41, 5.74) is 2.74. The number of carbonyl (C=O) groups is 4. The molecule has 0 radical (unpaired) electrons. The molecule has 0 spiro atoms. The van der Waals surface area contributed by atoms with Crippen LogP contribution in [0.15, 0.2) is 54.6 Å². The smallest absolute Gasteiger partial charge is 0.303 e. The highest BCUT2D eigenvalue weighted by Crippen LogP contribution is 2.38. The van der Waals surface area contributed by atoms with E-state index in [1.807, 2.05) is 48.5 Å². The van der Waals surface area contributed by atoms with Gasteiger partial charge in [-0.1, -0.05) is 54.6 Å². The van der Waals surface area contributed by atoms with Crippen LogP contribution < -0.4 is 0 Å². The predicted molar refractivity (Wildman–Crippen MR) is 127 cm³/mol. The highest BCUT2D eigenvalue weighted by atomic mass is 16.7. The largest absolute Gasteiger partial charge is 0.463 e. The van der Waals surface area contributed by atoms with Crippen molar-refractivity contribution in [3.8, 4) is 0 Å². The molecule has 2 aromatic rings. The number of hydrogen-bond acceptors (Lipinski definition) is 9. The zero-order valence-corrected chi connectivity index (χ0v) is 20.7. The first-order valence-corrected chi connectivity index (χ1v) is 11.6. The molecule has 0 amide bonds. The van der Waals surface area contributed by atoms with E-state index in [0.29, 0.717) is 12.0 Å². The summed E-state index contributed by atoms with van der Waals surface area (Å²) < 4.78 is 27.9. The zero-order chi connectivity index (χ0) is 26.2. The monoisotopic (exact) mass is 498 g/mol. The molecular weight excluding hydrogens is 468 g/mol. The minimum Gasteiger partial charge on any atom is -0.463 e. The lowest BCUT2D eigenvalue weighted by Gasteiger charge is -2.44. The third kappa shape index (κ3) is 7.39. The summed E-state index contributed by atoms with van der Waals surface area (Å²) in [6.07, 6.45) is -4.75. The van der Waals surface area contributed by atoms with Crippen LogP contribution in [-0.4, -0.2) is 54.9 Å². The average molecular weight is 499 g/mol. The summed E-state index contributed by atoms with van der Waals surface area (Å²) in [6.45, 7) is 4.58.